The van der Waals surface area contributed by atoms with E-state index >= 15 is 0 Å². The second-order valence-corrected chi connectivity index (χ2v) is 7.05. The van der Waals surface area contributed by atoms with E-state index in [1.165, 1.54) is 18.2 Å². The lowest BCUT2D eigenvalue weighted by molar-refractivity contribution is -0.0511. The molecule has 1 aromatic carbocycles. The Hall–Kier alpha value is -2.59. The van der Waals surface area contributed by atoms with Gasteiger partial charge in [0.15, 0.2) is 23.2 Å². The van der Waals surface area contributed by atoms with Crippen LogP contribution in [0.15, 0.2) is 36.9 Å². The average Bonchev–Trinajstić information content (AvgIpc) is 3.24. The predicted molar refractivity (Wildman–Crippen MR) is 102 cm³/mol. The molecule has 0 aliphatic carbocycles. The quantitative estimate of drug-likeness (QED) is 0.511. The maximum atomic E-state index is 10.3. The molecule has 3 aromatic rings. The third-order valence-corrected chi connectivity index (χ3v) is 5.08. The molecule has 0 amide bonds. The number of aliphatic hydroxyl groups is 3. The van der Waals surface area contributed by atoms with Gasteiger partial charge in [-0.05, 0) is 19.4 Å². The minimum Gasteiger partial charge on any atom is -0.394 e. The monoisotopic (exact) mass is 385 g/mol. The molecule has 9 heteroatoms. The van der Waals surface area contributed by atoms with Crippen molar-refractivity contribution in [1.29, 1.82) is 0 Å². The number of aromatic nitrogens is 4. The Bertz CT molecular complexity index is 961. The van der Waals surface area contributed by atoms with E-state index in [0.29, 0.717) is 17.0 Å². The molecule has 1 saturated heterocycles. The molecule has 5 atom stereocenters. The number of aliphatic hydroxyl groups excluding tert-OH is 3. The molecule has 0 spiro atoms. The topological polar surface area (TPSA) is 126 Å². The van der Waals surface area contributed by atoms with Crippen molar-refractivity contribution < 1.29 is 20.1 Å². The van der Waals surface area contributed by atoms with Crippen LogP contribution in [0.1, 0.15) is 30.3 Å². The number of imidazole rings is 1. The Balaban J connectivity index is 1.63. The number of ether oxygens (including phenoxy) is 1. The molecule has 1 aliphatic heterocycles. The van der Waals surface area contributed by atoms with E-state index in [9.17, 15) is 15.3 Å². The van der Waals surface area contributed by atoms with Gasteiger partial charge in [0.05, 0.1) is 19.0 Å². The largest absolute Gasteiger partial charge is 0.394 e. The van der Waals surface area contributed by atoms with Gasteiger partial charge >= 0.3 is 0 Å². The molecule has 3 heterocycles. The van der Waals surface area contributed by atoms with Crippen molar-refractivity contribution in [3.63, 3.8) is 0 Å². The van der Waals surface area contributed by atoms with Crippen molar-refractivity contribution in [2.45, 2.75) is 44.4 Å². The van der Waals surface area contributed by atoms with E-state index in [1.54, 1.807) is 4.57 Å². The lowest BCUT2D eigenvalue weighted by Gasteiger charge is -2.17. The number of fused-ring (bicyclic) bond motifs is 1. The van der Waals surface area contributed by atoms with Gasteiger partial charge in [-0.1, -0.05) is 29.8 Å². The predicted octanol–water partition coefficient (Wildman–Crippen LogP) is 0.919. The number of anilines is 1. The van der Waals surface area contributed by atoms with E-state index < -0.39 is 31.1 Å². The highest BCUT2D eigenvalue weighted by Crippen LogP contribution is 2.32. The maximum absolute atomic E-state index is 10.3. The highest BCUT2D eigenvalue weighted by atomic mass is 16.6. The van der Waals surface area contributed by atoms with Crippen LogP contribution in [0.4, 0.5) is 5.82 Å². The molecule has 1 aliphatic rings. The minimum atomic E-state index is -1.20. The van der Waals surface area contributed by atoms with Crippen LogP contribution in [-0.4, -0.2) is 59.8 Å². The molecular weight excluding hydrogens is 362 g/mol. The number of benzene rings is 1. The summed E-state index contributed by atoms with van der Waals surface area (Å²) in [7, 11) is 0. The van der Waals surface area contributed by atoms with Crippen molar-refractivity contribution in [2.75, 3.05) is 11.9 Å². The summed E-state index contributed by atoms with van der Waals surface area (Å²) in [4.78, 5) is 12.9. The summed E-state index contributed by atoms with van der Waals surface area (Å²) in [6.45, 7) is 3.68. The number of nitrogens with one attached hydrogen (secondary N) is 1. The SMILES string of the molecule is Cc1ccc([C@@H](C)Nc2ncnc3c2ncn3[C@@H]2O[C@H](CO)C(O)[C@@H]2O)cc1. The fraction of sp³-hybridized carbons (Fsp3) is 0.421. The first-order valence-electron chi connectivity index (χ1n) is 9.12. The van der Waals surface area contributed by atoms with E-state index in [0.717, 1.165) is 5.56 Å². The summed E-state index contributed by atoms with van der Waals surface area (Å²) < 4.78 is 7.13. The zero-order valence-corrected chi connectivity index (χ0v) is 15.6. The van der Waals surface area contributed by atoms with Crippen LogP contribution < -0.4 is 5.32 Å². The Morgan fingerprint density at radius 2 is 1.89 bits per heavy atom. The molecule has 4 rings (SSSR count). The Labute approximate surface area is 161 Å². The number of rotatable bonds is 5. The van der Waals surface area contributed by atoms with Crippen LogP contribution in [0.25, 0.3) is 11.2 Å². The molecule has 0 saturated carbocycles. The van der Waals surface area contributed by atoms with Crippen molar-refractivity contribution in [3.05, 3.63) is 48.0 Å². The summed E-state index contributed by atoms with van der Waals surface area (Å²) in [6.07, 6.45) is -1.25. The molecule has 148 valence electrons. The van der Waals surface area contributed by atoms with Gasteiger partial charge in [-0.15, -0.1) is 0 Å². The van der Waals surface area contributed by atoms with Crippen molar-refractivity contribution in [3.8, 4) is 0 Å². The first-order chi connectivity index (χ1) is 13.5. The van der Waals surface area contributed by atoms with Crippen LogP contribution >= 0.6 is 0 Å². The van der Waals surface area contributed by atoms with E-state index in [2.05, 4.69) is 44.5 Å². The van der Waals surface area contributed by atoms with Gasteiger partial charge in [-0.25, -0.2) is 15.0 Å². The van der Waals surface area contributed by atoms with Gasteiger partial charge in [-0.3, -0.25) is 4.57 Å². The first kappa shape index (κ1) is 18.8. The number of aryl methyl sites for hydroxylation is 1. The fourth-order valence-corrected chi connectivity index (χ4v) is 3.40. The standard InChI is InChI=1S/C19H23N5O4/c1-10-3-5-12(6-4-10)11(2)23-17-14-18(21-8-20-17)24(9-22-14)19-16(27)15(26)13(7-25)28-19/h3-6,8-9,11,13,15-16,19,25-27H,7H2,1-2H3,(H,20,21,23)/t11-,13-,15?,16+,19-/m1/s1. The van der Waals surface area contributed by atoms with Gasteiger partial charge < -0.3 is 25.4 Å². The average molecular weight is 385 g/mol. The summed E-state index contributed by atoms with van der Waals surface area (Å²) in [5, 5.41) is 32.9. The molecule has 0 bridgehead atoms. The summed E-state index contributed by atoms with van der Waals surface area (Å²) >= 11 is 0. The third kappa shape index (κ3) is 3.22. The van der Waals surface area contributed by atoms with Gasteiger partial charge in [-0.2, -0.15) is 0 Å². The van der Waals surface area contributed by atoms with Crippen molar-refractivity contribution in [1.82, 2.24) is 19.5 Å². The maximum Gasteiger partial charge on any atom is 0.167 e. The summed E-state index contributed by atoms with van der Waals surface area (Å²) in [5.41, 5.74) is 3.29. The molecule has 1 fully saturated rings. The van der Waals surface area contributed by atoms with Gasteiger partial charge in [0, 0.05) is 0 Å². The highest BCUT2D eigenvalue weighted by Gasteiger charge is 2.44. The van der Waals surface area contributed by atoms with E-state index in [1.807, 2.05) is 13.8 Å². The molecule has 2 aromatic heterocycles. The molecule has 4 N–H and O–H groups in total. The summed E-state index contributed by atoms with van der Waals surface area (Å²) in [5.74, 6) is 0.559. The summed E-state index contributed by atoms with van der Waals surface area (Å²) in [6, 6.07) is 8.23. The van der Waals surface area contributed by atoms with Crippen molar-refractivity contribution >= 4 is 17.0 Å². The fourth-order valence-electron chi connectivity index (χ4n) is 3.40. The van der Waals surface area contributed by atoms with Crippen LogP contribution in [0.5, 0.6) is 0 Å². The Morgan fingerprint density at radius 3 is 2.57 bits per heavy atom. The van der Waals surface area contributed by atoms with Crippen LogP contribution in [0.3, 0.4) is 0 Å². The molecule has 1 unspecified atom stereocenters. The zero-order valence-electron chi connectivity index (χ0n) is 15.6. The number of nitrogens with zero attached hydrogens (tertiary/aromatic N) is 4. The van der Waals surface area contributed by atoms with E-state index in [4.69, 9.17) is 4.74 Å². The molecular formula is C19H23N5O4. The third-order valence-electron chi connectivity index (χ3n) is 5.08. The molecule has 0 radical (unpaired) electrons. The normalized spacial score (nSPS) is 25.9. The lowest BCUT2D eigenvalue weighted by Crippen LogP contribution is -2.33. The van der Waals surface area contributed by atoms with Crippen LogP contribution in [0.2, 0.25) is 0 Å². The van der Waals surface area contributed by atoms with Gasteiger partial charge in [0.25, 0.3) is 0 Å². The lowest BCUT2D eigenvalue weighted by atomic mass is 10.1. The van der Waals surface area contributed by atoms with Crippen molar-refractivity contribution in [2.24, 2.45) is 0 Å². The highest BCUT2D eigenvalue weighted by molar-refractivity contribution is 5.82. The first-order valence-corrected chi connectivity index (χ1v) is 9.12. The number of hydrogen-bond donors (Lipinski definition) is 4. The van der Waals surface area contributed by atoms with Gasteiger partial charge in [0.2, 0.25) is 0 Å². The van der Waals surface area contributed by atoms with Gasteiger partial charge in [0.1, 0.15) is 24.6 Å². The smallest absolute Gasteiger partial charge is 0.167 e. The Kier molecular flexibility index (Phi) is 4.98. The minimum absolute atomic E-state index is 0.00207. The second kappa shape index (κ2) is 7.44. The zero-order chi connectivity index (χ0) is 19.8. The second-order valence-electron chi connectivity index (χ2n) is 7.05. The molecule has 9 nitrogen and oxygen atoms in total. The van der Waals surface area contributed by atoms with Crippen LogP contribution in [-0.2, 0) is 4.74 Å². The van der Waals surface area contributed by atoms with Crippen LogP contribution in [0, 0.1) is 6.92 Å². The molecule has 28 heavy (non-hydrogen) atoms. The number of hydrogen-bond acceptors (Lipinski definition) is 8. The Morgan fingerprint density at radius 1 is 1.14 bits per heavy atom. The van der Waals surface area contributed by atoms with E-state index in [-0.39, 0.29) is 6.04 Å².